The molecule has 4 heterocycles. The normalized spacial score (nSPS) is 18.0. The lowest BCUT2D eigenvalue weighted by Crippen LogP contribution is -2.45. The molecule has 1 fully saturated rings. The third-order valence-electron chi connectivity index (χ3n) is 6.44. The maximum atomic E-state index is 15.4. The van der Waals surface area contributed by atoms with E-state index in [4.69, 9.17) is 4.74 Å². The van der Waals surface area contributed by atoms with Crippen LogP contribution in [0.5, 0.6) is 5.75 Å². The first-order chi connectivity index (χ1) is 17.5. The van der Waals surface area contributed by atoms with Crippen molar-refractivity contribution >= 4 is 28.4 Å². The van der Waals surface area contributed by atoms with Crippen LogP contribution in [0, 0.1) is 5.82 Å². The van der Waals surface area contributed by atoms with Crippen LogP contribution in [0.15, 0.2) is 29.3 Å². The first kappa shape index (κ1) is 24.7. The lowest BCUT2D eigenvalue weighted by atomic mass is 10.0. The van der Waals surface area contributed by atoms with Gasteiger partial charge in [0.25, 0.3) is 5.91 Å². The van der Waals surface area contributed by atoms with E-state index in [2.05, 4.69) is 25.7 Å². The number of nitrogens with zero attached hydrogens (tertiary/aromatic N) is 5. The zero-order chi connectivity index (χ0) is 26.5. The quantitative estimate of drug-likeness (QED) is 0.399. The predicted molar refractivity (Wildman–Crippen MR) is 126 cm³/mol. The van der Waals surface area contributed by atoms with Gasteiger partial charge in [0.05, 0.1) is 16.9 Å². The fourth-order valence-corrected chi connectivity index (χ4v) is 4.45. The monoisotopic (exact) mass is 521 g/mol. The molecule has 1 atom stereocenters. The van der Waals surface area contributed by atoms with Crippen molar-refractivity contribution < 1.29 is 27.1 Å². The summed E-state index contributed by atoms with van der Waals surface area (Å²) in [6, 6.07) is 1.50. The molecule has 1 aromatic carbocycles. The van der Waals surface area contributed by atoms with E-state index in [-0.39, 0.29) is 35.0 Å². The van der Waals surface area contributed by atoms with Gasteiger partial charge in [-0.2, -0.15) is 13.2 Å². The van der Waals surface area contributed by atoms with E-state index in [1.807, 2.05) is 18.9 Å². The van der Waals surface area contributed by atoms with Crippen LogP contribution in [0.2, 0.25) is 0 Å². The number of benzene rings is 1. The Morgan fingerprint density at radius 3 is 2.65 bits per heavy atom. The number of carbonyl (C=O) groups is 1. The molecule has 10 nitrogen and oxygen atoms in total. The van der Waals surface area contributed by atoms with E-state index in [1.165, 1.54) is 6.20 Å². The second-order valence-electron chi connectivity index (χ2n) is 9.00. The van der Waals surface area contributed by atoms with Gasteiger partial charge in [-0.05, 0) is 26.1 Å². The summed E-state index contributed by atoms with van der Waals surface area (Å²) in [4.78, 5) is 37.1. The van der Waals surface area contributed by atoms with Crippen LogP contribution in [0.3, 0.4) is 0 Å². The smallest absolute Gasteiger partial charge is 0.433 e. The van der Waals surface area contributed by atoms with Crippen molar-refractivity contribution in [1.29, 1.82) is 0 Å². The predicted octanol–water partition coefficient (Wildman–Crippen LogP) is 2.41. The average molecular weight is 521 g/mol. The molecule has 14 heteroatoms. The Labute approximate surface area is 207 Å². The van der Waals surface area contributed by atoms with Gasteiger partial charge in [-0.3, -0.25) is 20.4 Å². The maximum absolute atomic E-state index is 15.4. The molecule has 2 aliphatic heterocycles. The number of alkyl halides is 3. The van der Waals surface area contributed by atoms with Crippen molar-refractivity contribution in [3.8, 4) is 5.75 Å². The first-order valence-electron chi connectivity index (χ1n) is 11.5. The summed E-state index contributed by atoms with van der Waals surface area (Å²) >= 11 is 0. The van der Waals surface area contributed by atoms with E-state index in [0.29, 0.717) is 24.7 Å². The summed E-state index contributed by atoms with van der Waals surface area (Å²) in [5.41, 5.74) is 2.71. The number of hydrogen-bond acceptors (Lipinski definition) is 8. The summed E-state index contributed by atoms with van der Waals surface area (Å²) in [6.45, 7) is 4.65. The summed E-state index contributed by atoms with van der Waals surface area (Å²) in [5, 5.41) is -0.0418. The van der Waals surface area contributed by atoms with E-state index in [0.717, 1.165) is 25.4 Å². The standard InChI is InChI=1S/C23H23F4N7O3/c1-12-11-37-20-17-13(9-15(24)18(20)33-7-5-32(2)6-8-33)19(35)14(10-34(12)17)21(36)30-31-22-28-4-3-16(29-22)23(25,26)27/h3-4,9-10,12H,5-8,11H2,1-2H3,(H,30,36)(H,28,29,31)/t12-/m0/s1. The third-order valence-corrected chi connectivity index (χ3v) is 6.44. The van der Waals surface area contributed by atoms with E-state index in [9.17, 15) is 22.8 Å². The number of ether oxygens (including phenoxy) is 1. The largest absolute Gasteiger partial charge is 0.487 e. The number of rotatable bonds is 4. The lowest BCUT2D eigenvalue weighted by Gasteiger charge is -2.37. The number of amides is 1. The number of likely N-dealkylation sites (N-methyl/N-ethyl adjacent to an activating group) is 1. The molecule has 0 radical (unpaired) electrons. The van der Waals surface area contributed by atoms with E-state index >= 15 is 4.39 Å². The van der Waals surface area contributed by atoms with Gasteiger partial charge >= 0.3 is 6.18 Å². The topological polar surface area (TPSA) is 105 Å². The minimum absolute atomic E-state index is 0.0418. The number of hydrazine groups is 1. The van der Waals surface area contributed by atoms with Crippen molar-refractivity contribution in [2.24, 2.45) is 0 Å². The van der Waals surface area contributed by atoms with Crippen molar-refractivity contribution in [2.75, 3.05) is 50.2 Å². The Balaban J connectivity index is 1.51. The number of carbonyl (C=O) groups excluding carboxylic acids is 1. The van der Waals surface area contributed by atoms with E-state index < -0.39 is 35.0 Å². The van der Waals surface area contributed by atoms with Crippen LogP contribution >= 0.6 is 0 Å². The van der Waals surface area contributed by atoms with Crippen LogP contribution in [0.25, 0.3) is 10.9 Å². The van der Waals surface area contributed by atoms with Gasteiger partial charge in [-0.15, -0.1) is 0 Å². The molecule has 0 spiro atoms. The molecule has 3 aromatic rings. The molecule has 2 aliphatic rings. The molecular formula is C23H23F4N7O3. The number of aromatic nitrogens is 3. The Morgan fingerprint density at radius 2 is 1.95 bits per heavy atom. The number of nitrogens with one attached hydrogen (secondary N) is 2. The second-order valence-corrected chi connectivity index (χ2v) is 9.00. The highest BCUT2D eigenvalue weighted by atomic mass is 19.4. The summed E-state index contributed by atoms with van der Waals surface area (Å²) < 4.78 is 61.7. The number of halogens is 4. The average Bonchev–Trinajstić information content (AvgIpc) is 2.86. The van der Waals surface area contributed by atoms with Gasteiger partial charge in [-0.25, -0.2) is 14.4 Å². The molecule has 5 rings (SSSR count). The highest BCUT2D eigenvalue weighted by Crippen LogP contribution is 2.42. The maximum Gasteiger partial charge on any atom is 0.433 e. The minimum Gasteiger partial charge on any atom is -0.487 e. The van der Waals surface area contributed by atoms with Crippen molar-refractivity contribution in [1.82, 2.24) is 24.9 Å². The van der Waals surface area contributed by atoms with Crippen LogP contribution in [-0.4, -0.2) is 65.2 Å². The molecule has 37 heavy (non-hydrogen) atoms. The van der Waals surface area contributed by atoms with Crippen LogP contribution < -0.4 is 25.9 Å². The number of piperazine rings is 1. The molecule has 196 valence electrons. The number of pyridine rings is 1. The number of anilines is 2. The highest BCUT2D eigenvalue weighted by Gasteiger charge is 2.33. The van der Waals surface area contributed by atoms with Crippen LogP contribution in [0.4, 0.5) is 29.2 Å². The Hall–Kier alpha value is -3.94. The zero-order valence-electron chi connectivity index (χ0n) is 19.9. The van der Waals surface area contributed by atoms with E-state index in [1.54, 1.807) is 4.57 Å². The van der Waals surface area contributed by atoms with Gasteiger partial charge in [0.1, 0.15) is 23.6 Å². The van der Waals surface area contributed by atoms with Crippen molar-refractivity contribution in [2.45, 2.75) is 19.1 Å². The number of hydrogen-bond donors (Lipinski definition) is 2. The molecule has 1 amide bonds. The van der Waals surface area contributed by atoms with Gasteiger partial charge < -0.3 is 19.1 Å². The Bertz CT molecular complexity index is 1430. The van der Waals surface area contributed by atoms with Crippen molar-refractivity contribution in [3.63, 3.8) is 0 Å². The van der Waals surface area contributed by atoms with Gasteiger partial charge in [0.15, 0.2) is 11.6 Å². The molecule has 2 N–H and O–H groups in total. The first-order valence-corrected chi connectivity index (χ1v) is 11.5. The molecule has 2 aromatic heterocycles. The Morgan fingerprint density at radius 1 is 1.22 bits per heavy atom. The molecular weight excluding hydrogens is 498 g/mol. The summed E-state index contributed by atoms with van der Waals surface area (Å²) in [5.74, 6) is -1.85. The van der Waals surface area contributed by atoms with Crippen molar-refractivity contribution in [3.05, 3.63) is 51.8 Å². The molecule has 0 unspecified atom stereocenters. The van der Waals surface area contributed by atoms with Crippen LogP contribution in [-0.2, 0) is 6.18 Å². The minimum atomic E-state index is -4.70. The molecule has 1 saturated heterocycles. The summed E-state index contributed by atoms with van der Waals surface area (Å²) in [7, 11) is 1.98. The van der Waals surface area contributed by atoms with Gasteiger partial charge in [-0.1, -0.05) is 0 Å². The lowest BCUT2D eigenvalue weighted by molar-refractivity contribution is -0.141. The fraction of sp³-hybridized carbons (Fsp3) is 0.391. The zero-order valence-corrected chi connectivity index (χ0v) is 19.9. The SMILES string of the molecule is C[C@H]1COc2c(N3CCN(C)CC3)c(F)cc3c(=O)c(C(=O)NNc4nccc(C(F)(F)F)n4)cn1c23. The van der Waals surface area contributed by atoms with Gasteiger partial charge in [0, 0.05) is 38.6 Å². The Kier molecular flexibility index (Phi) is 6.14. The van der Waals surface area contributed by atoms with Crippen LogP contribution in [0.1, 0.15) is 29.0 Å². The fourth-order valence-electron chi connectivity index (χ4n) is 4.45. The molecule has 0 saturated carbocycles. The third kappa shape index (κ3) is 4.52. The molecule has 0 aliphatic carbocycles. The van der Waals surface area contributed by atoms with Gasteiger partial charge in [0.2, 0.25) is 11.4 Å². The highest BCUT2D eigenvalue weighted by molar-refractivity contribution is 6.00. The molecule has 0 bridgehead atoms. The summed E-state index contributed by atoms with van der Waals surface area (Å²) in [6.07, 6.45) is -2.48. The second kappa shape index (κ2) is 9.18.